The summed E-state index contributed by atoms with van der Waals surface area (Å²) >= 11 is 0. The third-order valence-corrected chi connectivity index (χ3v) is 4.67. The molecule has 19 heavy (non-hydrogen) atoms. The van der Waals surface area contributed by atoms with E-state index < -0.39 is 10.0 Å². The van der Waals surface area contributed by atoms with Gasteiger partial charge < -0.3 is 4.74 Å². The van der Waals surface area contributed by atoms with Crippen molar-refractivity contribution in [3.63, 3.8) is 0 Å². The van der Waals surface area contributed by atoms with Crippen molar-refractivity contribution in [2.24, 2.45) is 16.5 Å². The maximum atomic E-state index is 11.5. The van der Waals surface area contributed by atoms with E-state index in [0.717, 1.165) is 25.7 Å². The van der Waals surface area contributed by atoms with Gasteiger partial charge >= 0.3 is 0 Å². The van der Waals surface area contributed by atoms with Crippen LogP contribution >= 0.6 is 0 Å². The van der Waals surface area contributed by atoms with Gasteiger partial charge in [0.25, 0.3) is 0 Å². The molecular weight excluding hydrogens is 262 g/mol. The van der Waals surface area contributed by atoms with Crippen LogP contribution in [0.2, 0.25) is 0 Å². The highest BCUT2D eigenvalue weighted by Crippen LogP contribution is 2.32. The molecule has 0 heterocycles. The average molecular weight is 293 g/mol. The maximum absolute atomic E-state index is 11.5. The zero-order valence-corrected chi connectivity index (χ0v) is 13.9. The van der Waals surface area contributed by atoms with Crippen LogP contribution in [0, 0.1) is 11.3 Å². The third kappa shape index (κ3) is 7.90. The Kier molecular flexibility index (Phi) is 8.17. The minimum atomic E-state index is -3.47. The molecule has 0 fully saturated rings. The first kappa shape index (κ1) is 18.9. The van der Waals surface area contributed by atoms with Gasteiger partial charge in [0.1, 0.15) is 0 Å². The molecule has 1 unspecified atom stereocenters. The summed E-state index contributed by atoms with van der Waals surface area (Å²) in [5.74, 6) is 0.447. The molecule has 0 radical (unpaired) electrons. The molecule has 0 aliphatic rings. The number of ether oxygens (including phenoxy) is 1. The predicted molar refractivity (Wildman–Crippen MR) is 80.5 cm³/mol. The number of sulfonamides is 1. The minimum absolute atomic E-state index is 0.0203. The summed E-state index contributed by atoms with van der Waals surface area (Å²) in [6.07, 6.45) is 3.68. The Hall–Kier alpha value is -0.130. The van der Waals surface area contributed by atoms with Gasteiger partial charge in [-0.2, -0.15) is 0 Å². The van der Waals surface area contributed by atoms with E-state index in [9.17, 15) is 8.42 Å². The van der Waals surface area contributed by atoms with E-state index in [1.165, 1.54) is 0 Å². The lowest BCUT2D eigenvalue weighted by Gasteiger charge is -2.34. The van der Waals surface area contributed by atoms with Gasteiger partial charge in [-0.05, 0) is 25.7 Å². The molecule has 5 heteroatoms. The van der Waals surface area contributed by atoms with Crippen molar-refractivity contribution in [1.82, 2.24) is 0 Å². The smallest absolute Gasteiger partial charge is 0.209 e. The van der Waals surface area contributed by atoms with E-state index in [1.54, 1.807) is 0 Å². The van der Waals surface area contributed by atoms with Gasteiger partial charge in [0.05, 0.1) is 18.5 Å². The molecule has 4 nitrogen and oxygen atoms in total. The Balaban J connectivity index is 4.90. The van der Waals surface area contributed by atoms with Crippen molar-refractivity contribution < 1.29 is 13.2 Å². The number of rotatable bonds is 10. The van der Waals surface area contributed by atoms with E-state index in [4.69, 9.17) is 9.88 Å². The molecule has 1 atom stereocenters. The predicted octanol–water partition coefficient (Wildman–Crippen LogP) is 2.92. The minimum Gasteiger partial charge on any atom is -0.378 e. The molecular formula is C14H31NO3S. The van der Waals surface area contributed by atoms with Gasteiger partial charge in [-0.25, -0.2) is 13.6 Å². The Morgan fingerprint density at radius 3 is 1.89 bits per heavy atom. The summed E-state index contributed by atoms with van der Waals surface area (Å²) < 4.78 is 28.9. The molecule has 2 N–H and O–H groups in total. The number of hydrogen-bond donors (Lipinski definition) is 1. The van der Waals surface area contributed by atoms with Crippen molar-refractivity contribution in [3.8, 4) is 0 Å². The molecule has 116 valence electrons. The first-order chi connectivity index (χ1) is 8.66. The first-order valence-corrected chi connectivity index (χ1v) is 8.99. The summed E-state index contributed by atoms with van der Waals surface area (Å²) in [4.78, 5) is 0. The lowest BCUT2D eigenvalue weighted by Crippen LogP contribution is -2.39. The molecule has 0 bridgehead atoms. The number of nitrogens with two attached hydrogens (primary N) is 1. The SMILES string of the molecule is CCCC(CCC)(COC(C)C(C)C)CS(N)(=O)=O. The van der Waals surface area contributed by atoms with Crippen LogP contribution < -0.4 is 5.14 Å². The monoisotopic (exact) mass is 293 g/mol. The first-order valence-electron chi connectivity index (χ1n) is 7.28. The third-order valence-electron chi connectivity index (χ3n) is 3.66. The zero-order valence-electron chi connectivity index (χ0n) is 13.1. The maximum Gasteiger partial charge on any atom is 0.209 e. The van der Waals surface area contributed by atoms with Crippen molar-refractivity contribution in [2.75, 3.05) is 12.4 Å². The van der Waals surface area contributed by atoms with E-state index in [0.29, 0.717) is 12.5 Å². The second kappa shape index (κ2) is 8.22. The van der Waals surface area contributed by atoms with Gasteiger partial charge in [0, 0.05) is 5.41 Å². The quantitative estimate of drug-likeness (QED) is 0.673. The molecule has 0 aromatic heterocycles. The van der Waals surface area contributed by atoms with E-state index >= 15 is 0 Å². The highest BCUT2D eigenvalue weighted by atomic mass is 32.2. The topological polar surface area (TPSA) is 69.4 Å². The van der Waals surface area contributed by atoms with Crippen molar-refractivity contribution in [3.05, 3.63) is 0 Å². The highest BCUT2D eigenvalue weighted by Gasteiger charge is 2.33. The lowest BCUT2D eigenvalue weighted by molar-refractivity contribution is -0.0207. The summed E-state index contributed by atoms with van der Waals surface area (Å²) in [6.45, 7) is 10.9. The van der Waals surface area contributed by atoms with Crippen LogP contribution in [0.4, 0.5) is 0 Å². The van der Waals surface area contributed by atoms with Crippen molar-refractivity contribution in [1.29, 1.82) is 0 Å². The fraction of sp³-hybridized carbons (Fsp3) is 1.00. The van der Waals surface area contributed by atoms with Crippen LogP contribution in [0.25, 0.3) is 0 Å². The molecule has 0 spiro atoms. The molecule has 0 amide bonds. The average Bonchev–Trinajstić information content (AvgIpc) is 2.24. The van der Waals surface area contributed by atoms with Gasteiger partial charge in [-0.15, -0.1) is 0 Å². The van der Waals surface area contributed by atoms with Crippen LogP contribution in [0.15, 0.2) is 0 Å². The fourth-order valence-electron chi connectivity index (χ4n) is 2.44. The highest BCUT2D eigenvalue weighted by molar-refractivity contribution is 7.89. The van der Waals surface area contributed by atoms with Crippen LogP contribution in [-0.2, 0) is 14.8 Å². The summed E-state index contributed by atoms with van der Waals surface area (Å²) in [7, 11) is -3.47. The zero-order chi connectivity index (χ0) is 15.1. The molecule has 0 saturated carbocycles. The van der Waals surface area contributed by atoms with Crippen LogP contribution in [-0.4, -0.2) is 26.9 Å². The summed E-state index contributed by atoms with van der Waals surface area (Å²) in [5.41, 5.74) is -0.333. The standard InChI is InChI=1S/C14H31NO3S/c1-6-8-14(9-7-2,11-19(15,16)17)10-18-13(5)12(3)4/h12-13H,6-11H2,1-5H3,(H2,15,16,17). The summed E-state index contributed by atoms with van der Waals surface area (Å²) in [5, 5.41) is 5.26. The van der Waals surface area contributed by atoms with E-state index in [-0.39, 0.29) is 17.3 Å². The van der Waals surface area contributed by atoms with Gasteiger partial charge in [0.2, 0.25) is 10.0 Å². The van der Waals surface area contributed by atoms with E-state index in [2.05, 4.69) is 27.7 Å². The second-order valence-corrected chi connectivity index (χ2v) is 7.68. The second-order valence-electron chi connectivity index (χ2n) is 6.07. The molecule has 0 aromatic rings. The Bertz CT molecular complexity index is 333. The molecule has 0 saturated heterocycles. The largest absolute Gasteiger partial charge is 0.378 e. The lowest BCUT2D eigenvalue weighted by atomic mass is 9.82. The number of primary sulfonamides is 1. The normalized spacial score (nSPS) is 14.9. The van der Waals surface area contributed by atoms with Gasteiger partial charge in [0.15, 0.2) is 0 Å². The summed E-state index contributed by atoms with van der Waals surface area (Å²) in [6, 6.07) is 0. The molecule has 0 aliphatic carbocycles. The van der Waals surface area contributed by atoms with Gasteiger partial charge in [-0.3, -0.25) is 0 Å². The van der Waals surface area contributed by atoms with Crippen molar-refractivity contribution in [2.45, 2.75) is 66.4 Å². The van der Waals surface area contributed by atoms with Gasteiger partial charge in [-0.1, -0.05) is 40.5 Å². The molecule has 0 aromatic carbocycles. The number of hydrogen-bond acceptors (Lipinski definition) is 3. The van der Waals surface area contributed by atoms with Crippen LogP contribution in [0.1, 0.15) is 60.3 Å². The van der Waals surface area contributed by atoms with Crippen LogP contribution in [0.5, 0.6) is 0 Å². The van der Waals surface area contributed by atoms with E-state index in [1.807, 2.05) is 6.92 Å². The Morgan fingerprint density at radius 1 is 1.11 bits per heavy atom. The van der Waals surface area contributed by atoms with Crippen LogP contribution in [0.3, 0.4) is 0 Å². The molecule has 0 aliphatic heterocycles. The Morgan fingerprint density at radius 2 is 1.58 bits per heavy atom. The van der Waals surface area contributed by atoms with Crippen molar-refractivity contribution >= 4 is 10.0 Å². The fourth-order valence-corrected chi connectivity index (χ4v) is 3.67. The molecule has 0 rings (SSSR count). The Labute approximate surface area is 119 Å².